The Morgan fingerprint density at radius 1 is 1.00 bits per heavy atom. The molecule has 0 aliphatic carbocycles. The SMILES string of the molecule is NS(=O)[O-].NS(=O)[O-].[Ti+2]. The van der Waals surface area contributed by atoms with Crippen molar-refractivity contribution in [3.05, 3.63) is 0 Å². The molecule has 0 radical (unpaired) electrons. The molecule has 9 heavy (non-hydrogen) atoms. The van der Waals surface area contributed by atoms with E-state index in [0.717, 1.165) is 0 Å². The summed E-state index contributed by atoms with van der Waals surface area (Å²) in [5.74, 6) is 0. The molecule has 0 saturated heterocycles. The van der Waals surface area contributed by atoms with Gasteiger partial charge in [0, 0.05) is 22.5 Å². The Hall–Kier alpha value is 0.854. The van der Waals surface area contributed by atoms with Gasteiger partial charge in [-0.05, 0) is 0 Å². The third kappa shape index (κ3) is 570. The third-order valence-corrected chi connectivity index (χ3v) is 0. The topological polar surface area (TPSA) is 132 Å². The Morgan fingerprint density at radius 2 is 1.00 bits per heavy atom. The number of rotatable bonds is 0. The van der Waals surface area contributed by atoms with E-state index >= 15 is 0 Å². The normalized spacial score (nSPS) is 13.8. The van der Waals surface area contributed by atoms with Gasteiger partial charge in [-0.25, -0.2) is 0 Å². The zero-order chi connectivity index (χ0) is 7.15. The molecule has 0 saturated carbocycles. The van der Waals surface area contributed by atoms with E-state index in [9.17, 15) is 0 Å². The van der Waals surface area contributed by atoms with Crippen molar-refractivity contribution in [3.8, 4) is 0 Å². The largest absolute Gasteiger partial charge is 2.00 e. The molecule has 0 bridgehead atoms. The minimum absolute atomic E-state index is 0. The standard InChI is InChI=1S/2H3NO2S.Ti/c2*1-4(2)3;/h2*1H2,(H,2,3);/q;;+2/p-2. The van der Waals surface area contributed by atoms with Crippen molar-refractivity contribution in [2.45, 2.75) is 0 Å². The van der Waals surface area contributed by atoms with Crippen LogP contribution in [0.5, 0.6) is 0 Å². The summed E-state index contributed by atoms with van der Waals surface area (Å²) < 4.78 is 35.1. The summed E-state index contributed by atoms with van der Waals surface area (Å²) in [6, 6.07) is 0. The summed E-state index contributed by atoms with van der Waals surface area (Å²) >= 11 is -4.72. The molecule has 0 spiro atoms. The van der Waals surface area contributed by atoms with Crippen molar-refractivity contribution >= 4 is 22.5 Å². The number of hydrogen-bond acceptors (Lipinski definition) is 4. The smallest absolute Gasteiger partial charge is 0.760 e. The maximum absolute atomic E-state index is 8.78. The van der Waals surface area contributed by atoms with Crippen LogP contribution in [0.3, 0.4) is 0 Å². The van der Waals surface area contributed by atoms with Crippen LogP contribution in [0.1, 0.15) is 0 Å². The summed E-state index contributed by atoms with van der Waals surface area (Å²) in [7, 11) is 0. The first-order valence-electron chi connectivity index (χ1n) is 1.14. The van der Waals surface area contributed by atoms with E-state index in [1.807, 2.05) is 0 Å². The van der Waals surface area contributed by atoms with E-state index in [1.54, 1.807) is 0 Å². The predicted octanol–water partition coefficient (Wildman–Crippen LogP) is -2.52. The molecule has 0 aromatic heterocycles. The maximum atomic E-state index is 8.78. The molecule has 0 rings (SSSR count). The van der Waals surface area contributed by atoms with E-state index in [4.69, 9.17) is 17.5 Å². The molecule has 0 aliphatic rings. The van der Waals surface area contributed by atoms with Gasteiger partial charge in [0.15, 0.2) is 0 Å². The van der Waals surface area contributed by atoms with Crippen LogP contribution in [0.25, 0.3) is 0 Å². The van der Waals surface area contributed by atoms with Gasteiger partial charge >= 0.3 is 21.7 Å². The Balaban J connectivity index is -0.0000000720. The average molecular weight is 208 g/mol. The first-order valence-corrected chi connectivity index (χ1v) is 3.41. The second kappa shape index (κ2) is 11.6. The molecule has 9 heteroatoms. The Bertz CT molecular complexity index is 74.6. The van der Waals surface area contributed by atoms with Crippen LogP contribution >= 0.6 is 0 Å². The van der Waals surface area contributed by atoms with Gasteiger partial charge in [0.2, 0.25) is 0 Å². The quantitative estimate of drug-likeness (QED) is 0.335. The number of nitrogens with two attached hydrogens (primary N) is 2. The Kier molecular flexibility index (Phi) is 21.2. The van der Waals surface area contributed by atoms with Crippen LogP contribution in [-0.2, 0) is 44.3 Å². The van der Waals surface area contributed by atoms with Crippen molar-refractivity contribution in [2.75, 3.05) is 0 Å². The zero-order valence-electron chi connectivity index (χ0n) is 4.10. The van der Waals surface area contributed by atoms with Crippen molar-refractivity contribution in [3.63, 3.8) is 0 Å². The molecule has 0 heterocycles. The van der Waals surface area contributed by atoms with Crippen molar-refractivity contribution in [1.82, 2.24) is 0 Å². The first-order chi connectivity index (χ1) is 3.46. The van der Waals surface area contributed by atoms with Gasteiger partial charge in [-0.15, -0.1) is 0 Å². The van der Waals surface area contributed by atoms with Gasteiger partial charge in [-0.2, -0.15) is 0 Å². The summed E-state index contributed by atoms with van der Waals surface area (Å²) in [6.07, 6.45) is 0. The molecular weight excluding hydrogens is 204 g/mol. The van der Waals surface area contributed by atoms with Crippen molar-refractivity contribution < 1.29 is 39.2 Å². The maximum Gasteiger partial charge on any atom is 2.00 e. The fourth-order valence-corrected chi connectivity index (χ4v) is 0. The van der Waals surface area contributed by atoms with Gasteiger partial charge in [0.1, 0.15) is 0 Å². The second-order valence-corrected chi connectivity index (χ2v) is 1.56. The fraction of sp³-hybridized carbons (Fsp3) is 0. The zero-order valence-corrected chi connectivity index (χ0v) is 7.30. The minimum atomic E-state index is -2.36. The van der Waals surface area contributed by atoms with Crippen molar-refractivity contribution in [1.29, 1.82) is 0 Å². The monoisotopic (exact) mass is 208 g/mol. The van der Waals surface area contributed by atoms with E-state index in [-0.39, 0.29) is 21.7 Å². The van der Waals surface area contributed by atoms with Gasteiger partial charge in [-0.1, -0.05) is 0 Å². The van der Waals surface area contributed by atoms with Crippen LogP contribution in [-0.4, -0.2) is 17.5 Å². The van der Waals surface area contributed by atoms with E-state index in [1.165, 1.54) is 0 Å². The summed E-state index contributed by atoms with van der Waals surface area (Å²) in [4.78, 5) is 0. The van der Waals surface area contributed by atoms with Gasteiger partial charge in [0.25, 0.3) is 0 Å². The molecule has 4 N–H and O–H groups in total. The molecule has 54 valence electrons. The summed E-state index contributed by atoms with van der Waals surface area (Å²) in [5, 5.41) is 8.06. The van der Waals surface area contributed by atoms with Crippen LogP contribution in [0.4, 0.5) is 0 Å². The van der Waals surface area contributed by atoms with E-state index < -0.39 is 22.5 Å². The fourth-order valence-electron chi connectivity index (χ4n) is 0. The number of hydrogen-bond donors (Lipinski definition) is 2. The molecular formula is H4N2O4S2Ti. The van der Waals surface area contributed by atoms with Crippen LogP contribution in [0.15, 0.2) is 0 Å². The molecule has 6 nitrogen and oxygen atoms in total. The van der Waals surface area contributed by atoms with E-state index in [0.29, 0.717) is 0 Å². The first kappa shape index (κ1) is 16.4. The Morgan fingerprint density at radius 3 is 1.00 bits per heavy atom. The van der Waals surface area contributed by atoms with Crippen LogP contribution < -0.4 is 10.3 Å². The molecule has 0 amide bonds. The third-order valence-electron chi connectivity index (χ3n) is 0. The van der Waals surface area contributed by atoms with Crippen molar-refractivity contribution in [2.24, 2.45) is 10.3 Å². The molecule has 2 atom stereocenters. The van der Waals surface area contributed by atoms with Gasteiger partial charge in [0.05, 0.1) is 0 Å². The summed E-state index contributed by atoms with van der Waals surface area (Å²) in [5.41, 5.74) is 0. The minimum Gasteiger partial charge on any atom is -0.760 e. The van der Waals surface area contributed by atoms with Crippen LogP contribution in [0.2, 0.25) is 0 Å². The average Bonchev–Trinajstić information content (AvgIpc) is 1.25. The van der Waals surface area contributed by atoms with E-state index in [2.05, 4.69) is 10.3 Å². The van der Waals surface area contributed by atoms with Gasteiger partial charge in [-0.3, -0.25) is 18.7 Å². The molecule has 0 aromatic carbocycles. The predicted molar refractivity (Wildman–Crippen MR) is 26.2 cm³/mol. The Labute approximate surface area is 72.1 Å². The second-order valence-electron chi connectivity index (χ2n) is 0.521. The van der Waals surface area contributed by atoms with Crippen LogP contribution in [0, 0.1) is 0 Å². The molecule has 0 aromatic rings. The summed E-state index contributed by atoms with van der Waals surface area (Å²) in [6.45, 7) is 0. The molecule has 0 aliphatic heterocycles. The molecule has 0 fully saturated rings. The molecule has 2 unspecified atom stereocenters. The van der Waals surface area contributed by atoms with Gasteiger partial charge < -0.3 is 9.11 Å².